The zero-order valence-corrected chi connectivity index (χ0v) is 9.74. The van der Waals surface area contributed by atoms with Crippen LogP contribution >= 0.6 is 0 Å². The molecule has 0 atom stereocenters. The van der Waals surface area contributed by atoms with Crippen LogP contribution in [0.4, 0.5) is 4.79 Å². The lowest BCUT2D eigenvalue weighted by molar-refractivity contribution is -0.523. The second-order valence-corrected chi connectivity index (χ2v) is 4.35. The normalized spacial score (nSPS) is 19.3. The summed E-state index contributed by atoms with van der Waals surface area (Å²) in [4.78, 5) is 19.3. The van der Waals surface area contributed by atoms with E-state index in [1.165, 1.54) is 6.42 Å². The highest BCUT2D eigenvalue weighted by Gasteiger charge is 2.34. The van der Waals surface area contributed by atoms with Crippen molar-refractivity contribution in [1.29, 1.82) is 0 Å². The molecule has 1 saturated carbocycles. The second-order valence-electron chi connectivity index (χ2n) is 4.35. The quantitative estimate of drug-likeness (QED) is 0.561. The van der Waals surface area contributed by atoms with E-state index in [0.29, 0.717) is 0 Å². The van der Waals surface area contributed by atoms with Crippen LogP contribution in [-0.4, -0.2) is 16.9 Å². The van der Waals surface area contributed by atoms with Gasteiger partial charge in [-0.1, -0.05) is 39.0 Å². The third kappa shape index (κ3) is 4.37. The van der Waals surface area contributed by atoms with Gasteiger partial charge in [-0.15, -0.1) is 0 Å². The van der Waals surface area contributed by atoms with Gasteiger partial charge in [0.25, 0.3) is 0 Å². The third-order valence-corrected chi connectivity index (χ3v) is 3.07. The Bertz CT molecular complexity index is 210. The third-order valence-electron chi connectivity index (χ3n) is 3.07. The van der Waals surface area contributed by atoms with Crippen LogP contribution < -0.4 is 0 Å². The molecule has 0 aromatic heterocycles. The second kappa shape index (κ2) is 6.70. The highest BCUT2D eigenvalue weighted by molar-refractivity contribution is 5.55. The highest BCUT2D eigenvalue weighted by atomic mass is 17.5. The molecule has 5 nitrogen and oxygen atoms in total. The molecule has 0 heterocycles. The summed E-state index contributed by atoms with van der Waals surface area (Å²) in [6.45, 7) is 2.12. The molecule has 1 fully saturated rings. The van der Waals surface area contributed by atoms with E-state index in [2.05, 4.69) is 16.8 Å². The molecule has 0 amide bonds. The van der Waals surface area contributed by atoms with Gasteiger partial charge in [0.2, 0.25) is 0 Å². The summed E-state index contributed by atoms with van der Waals surface area (Å²) in [6, 6.07) is 0. The van der Waals surface area contributed by atoms with Crippen molar-refractivity contribution >= 4 is 6.16 Å². The minimum atomic E-state index is -1.48. The molecular formula is C11H20O5. The minimum absolute atomic E-state index is 0.344. The van der Waals surface area contributed by atoms with Crippen molar-refractivity contribution in [3.8, 4) is 0 Å². The first-order valence-electron chi connectivity index (χ1n) is 5.94. The zero-order valence-electron chi connectivity index (χ0n) is 9.74. The van der Waals surface area contributed by atoms with Crippen LogP contribution in [0, 0.1) is 0 Å². The van der Waals surface area contributed by atoms with Crippen molar-refractivity contribution in [2.75, 3.05) is 0 Å². The summed E-state index contributed by atoms with van der Waals surface area (Å²) in [7, 11) is 0. The van der Waals surface area contributed by atoms with Gasteiger partial charge in [0.05, 0.1) is 0 Å². The van der Waals surface area contributed by atoms with Crippen LogP contribution in [0.25, 0.3) is 0 Å². The van der Waals surface area contributed by atoms with E-state index in [0.717, 1.165) is 44.9 Å². The van der Waals surface area contributed by atoms with Crippen LogP contribution in [0.15, 0.2) is 0 Å². The fraction of sp³-hybridized carbons (Fsp3) is 0.909. The molecule has 0 radical (unpaired) electrons. The molecule has 0 aromatic rings. The van der Waals surface area contributed by atoms with Gasteiger partial charge in [0, 0.05) is 0 Å². The van der Waals surface area contributed by atoms with Gasteiger partial charge in [0.15, 0.2) is 0 Å². The number of hydrogen-bond donors (Lipinski definition) is 1. The van der Waals surface area contributed by atoms with Crippen molar-refractivity contribution in [3.63, 3.8) is 0 Å². The summed E-state index contributed by atoms with van der Waals surface area (Å²) in [5, 5.41) is 12.6. The Hall–Kier alpha value is -0.810. The Balaban J connectivity index is 2.38. The van der Waals surface area contributed by atoms with Gasteiger partial charge in [-0.25, -0.2) is 9.68 Å². The Morgan fingerprint density at radius 1 is 1.31 bits per heavy atom. The average Bonchev–Trinajstić information content (AvgIpc) is 2.27. The fourth-order valence-electron chi connectivity index (χ4n) is 2.19. The maximum absolute atomic E-state index is 10.1. The van der Waals surface area contributed by atoms with Gasteiger partial charge < -0.3 is 5.11 Å². The average molecular weight is 232 g/mol. The van der Waals surface area contributed by atoms with Crippen LogP contribution in [-0.2, 0) is 14.8 Å². The Morgan fingerprint density at radius 2 is 2.00 bits per heavy atom. The predicted octanol–water partition coefficient (Wildman–Crippen LogP) is 3.44. The molecule has 1 N–H and O–H groups in total. The molecule has 0 saturated heterocycles. The lowest BCUT2D eigenvalue weighted by atomic mass is 9.81. The van der Waals surface area contributed by atoms with Crippen molar-refractivity contribution in [2.45, 2.75) is 63.9 Å². The standard InChI is InChI=1S/C11H20O5/c1-2-3-7-11(8-5-4-6-9-11)15-16-14-10(12)13/h2-9H2,1H3,(H,12,13). The fourth-order valence-corrected chi connectivity index (χ4v) is 2.19. The molecule has 1 aliphatic carbocycles. The van der Waals surface area contributed by atoms with E-state index in [4.69, 9.17) is 9.99 Å². The molecule has 0 unspecified atom stereocenters. The van der Waals surface area contributed by atoms with E-state index in [1.54, 1.807) is 0 Å². The molecular weight excluding hydrogens is 212 g/mol. The zero-order chi connectivity index (χ0) is 11.9. The number of unbranched alkanes of at least 4 members (excludes halogenated alkanes) is 1. The van der Waals surface area contributed by atoms with Crippen molar-refractivity contribution < 1.29 is 24.7 Å². The van der Waals surface area contributed by atoms with Gasteiger partial charge >= 0.3 is 6.16 Å². The van der Waals surface area contributed by atoms with E-state index >= 15 is 0 Å². The van der Waals surface area contributed by atoms with E-state index in [-0.39, 0.29) is 5.60 Å². The number of carbonyl (C=O) groups is 1. The molecule has 0 spiro atoms. The summed E-state index contributed by atoms with van der Waals surface area (Å²) < 4.78 is 0. The monoisotopic (exact) mass is 232 g/mol. The first kappa shape index (κ1) is 13.3. The largest absolute Gasteiger partial charge is 0.540 e. The van der Waals surface area contributed by atoms with Crippen LogP contribution in [0.3, 0.4) is 0 Å². The SMILES string of the molecule is CCCCC1(OOOC(=O)O)CCCCC1. The molecule has 0 bridgehead atoms. The smallest absolute Gasteiger partial charge is 0.448 e. The van der Waals surface area contributed by atoms with Crippen molar-refractivity contribution in [1.82, 2.24) is 0 Å². The summed E-state index contributed by atoms with van der Waals surface area (Å²) >= 11 is 0. The van der Waals surface area contributed by atoms with Crippen LogP contribution in [0.5, 0.6) is 0 Å². The van der Waals surface area contributed by atoms with Gasteiger partial charge in [0.1, 0.15) is 5.60 Å². The lowest BCUT2D eigenvalue weighted by Crippen LogP contribution is -2.35. The first-order chi connectivity index (χ1) is 7.68. The van der Waals surface area contributed by atoms with Crippen LogP contribution in [0.1, 0.15) is 58.3 Å². The molecule has 0 aromatic carbocycles. The summed E-state index contributed by atoms with van der Waals surface area (Å²) in [5.74, 6) is 0. The molecule has 16 heavy (non-hydrogen) atoms. The topological polar surface area (TPSA) is 65.0 Å². The van der Waals surface area contributed by atoms with Crippen molar-refractivity contribution in [3.05, 3.63) is 0 Å². The number of rotatable bonds is 6. The van der Waals surface area contributed by atoms with Gasteiger partial charge in [-0.05, 0) is 24.3 Å². The van der Waals surface area contributed by atoms with E-state index in [9.17, 15) is 4.79 Å². The highest BCUT2D eigenvalue weighted by Crippen LogP contribution is 2.36. The lowest BCUT2D eigenvalue weighted by Gasteiger charge is -2.34. The molecule has 0 aliphatic heterocycles. The van der Waals surface area contributed by atoms with E-state index < -0.39 is 6.16 Å². The Morgan fingerprint density at radius 3 is 2.56 bits per heavy atom. The van der Waals surface area contributed by atoms with E-state index in [1.807, 2.05) is 0 Å². The molecule has 1 rings (SSSR count). The molecule has 94 valence electrons. The number of hydrogen-bond acceptors (Lipinski definition) is 4. The van der Waals surface area contributed by atoms with Gasteiger partial charge in [-0.2, -0.15) is 4.89 Å². The van der Waals surface area contributed by atoms with Crippen LogP contribution in [0.2, 0.25) is 0 Å². The summed E-state index contributed by atoms with van der Waals surface area (Å²) in [5.41, 5.74) is -0.344. The molecule has 5 heteroatoms. The number of carboxylic acid groups (broad SMARTS) is 1. The molecule has 1 aliphatic rings. The maximum atomic E-state index is 10.1. The maximum Gasteiger partial charge on any atom is 0.540 e. The Kier molecular flexibility index (Phi) is 5.55. The Labute approximate surface area is 95.5 Å². The van der Waals surface area contributed by atoms with Gasteiger partial charge in [-0.3, -0.25) is 0 Å². The minimum Gasteiger partial charge on any atom is -0.448 e. The summed E-state index contributed by atoms with van der Waals surface area (Å²) in [6.07, 6.45) is 6.78. The predicted molar refractivity (Wildman–Crippen MR) is 56.6 cm³/mol. The first-order valence-corrected chi connectivity index (χ1v) is 5.94. The van der Waals surface area contributed by atoms with Crippen molar-refractivity contribution in [2.24, 2.45) is 0 Å².